The van der Waals surface area contributed by atoms with Crippen molar-refractivity contribution in [1.82, 2.24) is 9.38 Å². The van der Waals surface area contributed by atoms with E-state index in [0.717, 1.165) is 5.56 Å². The van der Waals surface area contributed by atoms with E-state index in [2.05, 4.69) is 10.3 Å². The van der Waals surface area contributed by atoms with Gasteiger partial charge in [0.25, 0.3) is 0 Å². The first-order valence-electron chi connectivity index (χ1n) is 9.12. The van der Waals surface area contributed by atoms with Gasteiger partial charge in [0.2, 0.25) is 11.7 Å². The SMILES string of the molecule is Cc1ccn2c(NC(=O)Cc3c(F)c(F)c(F)c(F)c3F)c(-c3ccccc3)nc2c1. The Morgan fingerprint density at radius 2 is 1.55 bits per heavy atom. The minimum Gasteiger partial charge on any atom is -0.310 e. The van der Waals surface area contributed by atoms with Crippen LogP contribution in [0.4, 0.5) is 27.8 Å². The first-order chi connectivity index (χ1) is 14.8. The largest absolute Gasteiger partial charge is 0.310 e. The van der Waals surface area contributed by atoms with E-state index in [1.165, 1.54) is 0 Å². The van der Waals surface area contributed by atoms with E-state index in [0.29, 0.717) is 16.9 Å². The summed E-state index contributed by atoms with van der Waals surface area (Å²) in [6.07, 6.45) is 0.594. The highest BCUT2D eigenvalue weighted by Gasteiger charge is 2.27. The lowest BCUT2D eigenvalue weighted by Gasteiger charge is -2.10. The average Bonchev–Trinajstić information content (AvgIpc) is 3.11. The Balaban J connectivity index is 1.75. The smallest absolute Gasteiger partial charge is 0.230 e. The summed E-state index contributed by atoms with van der Waals surface area (Å²) >= 11 is 0. The van der Waals surface area contributed by atoms with Gasteiger partial charge in [0, 0.05) is 17.3 Å². The molecule has 4 aromatic rings. The lowest BCUT2D eigenvalue weighted by atomic mass is 10.1. The van der Waals surface area contributed by atoms with Crippen LogP contribution in [0.15, 0.2) is 48.7 Å². The molecule has 0 radical (unpaired) electrons. The number of carbonyl (C=O) groups excluding carboxylic acids is 1. The topological polar surface area (TPSA) is 46.4 Å². The normalized spacial score (nSPS) is 11.2. The molecule has 0 atom stereocenters. The third kappa shape index (κ3) is 3.63. The molecule has 0 unspecified atom stereocenters. The Kier molecular flexibility index (Phi) is 5.18. The van der Waals surface area contributed by atoms with Crippen LogP contribution >= 0.6 is 0 Å². The Labute approximate surface area is 173 Å². The van der Waals surface area contributed by atoms with Crippen LogP contribution in [0.5, 0.6) is 0 Å². The molecule has 1 amide bonds. The summed E-state index contributed by atoms with van der Waals surface area (Å²) < 4.78 is 69.6. The molecule has 0 aliphatic carbocycles. The molecular formula is C22H14F5N3O. The van der Waals surface area contributed by atoms with Crippen LogP contribution in [0.3, 0.4) is 0 Å². The van der Waals surface area contributed by atoms with Gasteiger partial charge in [0.1, 0.15) is 17.2 Å². The maximum atomic E-state index is 14.0. The number of rotatable bonds is 4. The van der Waals surface area contributed by atoms with Gasteiger partial charge < -0.3 is 5.32 Å². The number of pyridine rings is 1. The summed E-state index contributed by atoms with van der Waals surface area (Å²) in [5, 5.41) is 2.50. The van der Waals surface area contributed by atoms with Crippen LogP contribution in [0.1, 0.15) is 11.1 Å². The van der Waals surface area contributed by atoms with E-state index in [1.807, 2.05) is 6.92 Å². The highest BCUT2D eigenvalue weighted by Crippen LogP contribution is 2.30. The number of halogens is 5. The van der Waals surface area contributed by atoms with E-state index < -0.39 is 47.0 Å². The van der Waals surface area contributed by atoms with Crippen LogP contribution in [-0.4, -0.2) is 15.3 Å². The van der Waals surface area contributed by atoms with Gasteiger partial charge in [-0.2, -0.15) is 0 Å². The van der Waals surface area contributed by atoms with Crippen LogP contribution in [-0.2, 0) is 11.2 Å². The fraction of sp³-hybridized carbons (Fsp3) is 0.0909. The van der Waals surface area contributed by atoms with Crippen molar-refractivity contribution in [2.75, 3.05) is 5.32 Å². The molecule has 9 heteroatoms. The van der Waals surface area contributed by atoms with Gasteiger partial charge in [-0.25, -0.2) is 26.9 Å². The van der Waals surface area contributed by atoms with Crippen LogP contribution in [0.2, 0.25) is 0 Å². The van der Waals surface area contributed by atoms with E-state index in [1.54, 1.807) is 53.1 Å². The van der Waals surface area contributed by atoms with Crippen LogP contribution < -0.4 is 5.32 Å². The summed E-state index contributed by atoms with van der Waals surface area (Å²) in [6, 6.07) is 12.4. The van der Waals surface area contributed by atoms with Crippen LogP contribution in [0, 0.1) is 36.0 Å². The molecule has 0 aliphatic heterocycles. The molecule has 0 saturated heterocycles. The molecular weight excluding hydrogens is 417 g/mol. The number of benzene rings is 2. The number of aryl methyl sites for hydroxylation is 1. The molecule has 2 aromatic carbocycles. The van der Waals surface area contributed by atoms with Gasteiger partial charge >= 0.3 is 0 Å². The fourth-order valence-electron chi connectivity index (χ4n) is 3.21. The molecule has 0 spiro atoms. The van der Waals surface area contributed by atoms with Gasteiger partial charge in [-0.3, -0.25) is 9.20 Å². The number of carbonyl (C=O) groups is 1. The van der Waals surface area contributed by atoms with Crippen molar-refractivity contribution in [3.05, 3.63) is 88.9 Å². The van der Waals surface area contributed by atoms with Crippen molar-refractivity contribution >= 4 is 17.4 Å². The fourth-order valence-corrected chi connectivity index (χ4v) is 3.21. The molecule has 4 nitrogen and oxygen atoms in total. The van der Waals surface area contributed by atoms with E-state index >= 15 is 0 Å². The first-order valence-corrected chi connectivity index (χ1v) is 9.12. The second kappa shape index (κ2) is 7.82. The summed E-state index contributed by atoms with van der Waals surface area (Å²) in [5.74, 6) is -11.3. The molecule has 0 bridgehead atoms. The number of aromatic nitrogens is 2. The summed E-state index contributed by atoms with van der Waals surface area (Å²) in [4.78, 5) is 17.1. The maximum Gasteiger partial charge on any atom is 0.230 e. The summed E-state index contributed by atoms with van der Waals surface area (Å²) in [6.45, 7) is 1.86. The zero-order chi connectivity index (χ0) is 22.3. The quantitative estimate of drug-likeness (QED) is 0.275. The highest BCUT2D eigenvalue weighted by atomic mass is 19.2. The molecule has 0 fully saturated rings. The number of imidazole rings is 1. The van der Waals surface area contributed by atoms with Crippen molar-refractivity contribution in [1.29, 1.82) is 0 Å². The van der Waals surface area contributed by atoms with E-state index in [9.17, 15) is 26.7 Å². The number of fused-ring (bicyclic) bond motifs is 1. The van der Waals surface area contributed by atoms with Crippen molar-refractivity contribution in [3.63, 3.8) is 0 Å². The third-order valence-electron chi connectivity index (χ3n) is 4.72. The van der Waals surface area contributed by atoms with Crippen molar-refractivity contribution < 1.29 is 26.7 Å². The highest BCUT2D eigenvalue weighted by molar-refractivity contribution is 5.95. The van der Waals surface area contributed by atoms with Gasteiger partial charge in [0.15, 0.2) is 23.3 Å². The Hall–Kier alpha value is -3.75. The predicted molar refractivity (Wildman–Crippen MR) is 104 cm³/mol. The standard InChI is InChI=1S/C22H14F5N3O/c1-11-7-8-30-14(9-11)28-21(12-5-3-2-4-6-12)22(30)29-15(31)10-13-16(23)18(25)20(27)19(26)17(13)24/h2-9H,10H2,1H3,(H,29,31). The van der Waals surface area contributed by atoms with Gasteiger partial charge in [-0.15, -0.1) is 0 Å². The van der Waals surface area contributed by atoms with Crippen LogP contribution in [0.25, 0.3) is 16.9 Å². The molecule has 0 saturated carbocycles. The van der Waals surface area contributed by atoms with Crippen molar-refractivity contribution in [2.45, 2.75) is 13.3 Å². The Morgan fingerprint density at radius 3 is 2.19 bits per heavy atom. The molecule has 31 heavy (non-hydrogen) atoms. The van der Waals surface area contributed by atoms with Crippen molar-refractivity contribution in [3.8, 4) is 11.3 Å². The van der Waals surface area contributed by atoms with E-state index in [-0.39, 0.29) is 5.82 Å². The molecule has 0 aliphatic rings. The maximum absolute atomic E-state index is 14.0. The summed E-state index contributed by atoms with van der Waals surface area (Å²) in [7, 11) is 0. The minimum absolute atomic E-state index is 0.204. The minimum atomic E-state index is -2.28. The molecule has 4 rings (SSSR count). The number of hydrogen-bond acceptors (Lipinski definition) is 2. The molecule has 2 aromatic heterocycles. The predicted octanol–water partition coefficient (Wildman–Crippen LogP) is 5.19. The zero-order valence-electron chi connectivity index (χ0n) is 16.0. The van der Waals surface area contributed by atoms with Gasteiger partial charge in [-0.1, -0.05) is 30.3 Å². The Morgan fingerprint density at radius 1 is 0.935 bits per heavy atom. The monoisotopic (exact) mass is 431 g/mol. The first kappa shape index (κ1) is 20.5. The summed E-state index contributed by atoms with van der Waals surface area (Å²) in [5.41, 5.74) is 1.26. The average molecular weight is 431 g/mol. The number of hydrogen-bond donors (Lipinski definition) is 1. The number of nitrogens with one attached hydrogen (secondary N) is 1. The third-order valence-corrected chi connectivity index (χ3v) is 4.72. The number of nitrogens with zero attached hydrogens (tertiary/aromatic N) is 2. The Bertz CT molecular complexity index is 1290. The second-order valence-electron chi connectivity index (χ2n) is 6.88. The molecule has 2 heterocycles. The lowest BCUT2D eigenvalue weighted by molar-refractivity contribution is -0.115. The molecule has 158 valence electrons. The van der Waals surface area contributed by atoms with E-state index in [4.69, 9.17) is 0 Å². The number of anilines is 1. The zero-order valence-corrected chi connectivity index (χ0v) is 16.0. The van der Waals surface area contributed by atoms with Gasteiger partial charge in [0.05, 0.1) is 6.42 Å². The van der Waals surface area contributed by atoms with Gasteiger partial charge in [-0.05, 0) is 24.6 Å². The molecule has 1 N–H and O–H groups in total. The lowest BCUT2D eigenvalue weighted by Crippen LogP contribution is -2.19. The second-order valence-corrected chi connectivity index (χ2v) is 6.88. The number of amides is 1. The van der Waals surface area contributed by atoms with Crippen molar-refractivity contribution in [2.24, 2.45) is 0 Å².